The van der Waals surface area contributed by atoms with E-state index in [4.69, 9.17) is 14.6 Å². The molecule has 1 aromatic rings. The van der Waals surface area contributed by atoms with Gasteiger partial charge in [0.15, 0.2) is 6.29 Å². The van der Waals surface area contributed by atoms with Gasteiger partial charge in [0.1, 0.15) is 30.6 Å². The Hall–Kier alpha value is -2.20. The Balaban J connectivity index is 1.78. The first-order chi connectivity index (χ1) is 20.6. The van der Waals surface area contributed by atoms with Gasteiger partial charge < -0.3 is 40.5 Å². The van der Waals surface area contributed by atoms with Crippen molar-refractivity contribution in [2.45, 2.75) is 136 Å². The van der Waals surface area contributed by atoms with Gasteiger partial charge in [-0.1, -0.05) is 45.7 Å². The van der Waals surface area contributed by atoms with Crippen molar-refractivity contribution in [2.75, 3.05) is 19.8 Å². The van der Waals surface area contributed by atoms with Crippen molar-refractivity contribution in [1.82, 2.24) is 30.9 Å². The van der Waals surface area contributed by atoms with E-state index in [1.54, 1.807) is 6.20 Å². The molecule has 44 heavy (non-hydrogen) atoms. The van der Waals surface area contributed by atoms with Crippen LogP contribution < -0.4 is 16.0 Å². The molecule has 2 amide bonds. The lowest BCUT2D eigenvalue weighted by Crippen LogP contribution is -2.64. The van der Waals surface area contributed by atoms with Crippen LogP contribution in [0.2, 0.25) is 0 Å². The molecule has 0 saturated carbocycles. The number of unbranched alkanes of at least 4 members (excludes halogenated alkanes) is 3. The summed E-state index contributed by atoms with van der Waals surface area (Å²) in [5, 5.41) is 57.8. The van der Waals surface area contributed by atoms with Crippen molar-refractivity contribution in [3.05, 3.63) is 11.9 Å². The van der Waals surface area contributed by atoms with Gasteiger partial charge in [0, 0.05) is 56.2 Å². The molecule has 0 radical (unpaired) electrons. The zero-order valence-corrected chi connectivity index (χ0v) is 27.5. The highest BCUT2D eigenvalue weighted by atomic mass is 16.7. The number of hydrogen-bond donors (Lipinski definition) is 7. The molecule has 0 aromatic carbocycles. The minimum absolute atomic E-state index is 0.0464. The largest absolute Gasteiger partial charge is 0.396 e. The normalized spacial score (nSPS) is 23.5. The number of rotatable bonds is 19. The van der Waals surface area contributed by atoms with E-state index in [9.17, 15) is 24.9 Å². The highest BCUT2D eigenvalue weighted by molar-refractivity contribution is 5.81. The molecule has 1 aliphatic rings. The number of ether oxygens (including phenoxy) is 2. The summed E-state index contributed by atoms with van der Waals surface area (Å²) in [7, 11) is 0. The van der Waals surface area contributed by atoms with E-state index < -0.39 is 47.7 Å². The van der Waals surface area contributed by atoms with Gasteiger partial charge in [-0.25, -0.2) is 4.68 Å². The van der Waals surface area contributed by atoms with Crippen molar-refractivity contribution in [3.8, 4) is 0 Å². The highest BCUT2D eigenvalue weighted by Gasteiger charge is 2.46. The number of hydrogen-bond acceptors (Lipinski definition) is 11. The van der Waals surface area contributed by atoms with Crippen LogP contribution in [0.4, 0.5) is 0 Å². The van der Waals surface area contributed by atoms with Crippen LogP contribution in [0.1, 0.15) is 86.3 Å². The maximum Gasteiger partial charge on any atom is 0.225 e. The van der Waals surface area contributed by atoms with Crippen LogP contribution in [0.5, 0.6) is 0 Å². The molecule has 0 bridgehead atoms. The summed E-state index contributed by atoms with van der Waals surface area (Å²) < 4.78 is 13.4. The van der Waals surface area contributed by atoms with Crippen LogP contribution in [0.3, 0.4) is 0 Å². The van der Waals surface area contributed by atoms with Crippen LogP contribution in [0, 0.1) is 10.8 Å². The van der Waals surface area contributed by atoms with Crippen LogP contribution in [-0.2, 0) is 32.0 Å². The molecule has 14 nitrogen and oxygen atoms in total. The molecule has 1 aliphatic heterocycles. The predicted molar refractivity (Wildman–Crippen MR) is 163 cm³/mol. The summed E-state index contributed by atoms with van der Waals surface area (Å²) in [6.07, 6.45) is 0.481. The van der Waals surface area contributed by atoms with E-state index in [1.807, 2.05) is 41.5 Å². The maximum absolute atomic E-state index is 12.9. The molecule has 2 heterocycles. The van der Waals surface area contributed by atoms with Gasteiger partial charge in [-0.3, -0.25) is 14.9 Å². The van der Waals surface area contributed by atoms with Crippen molar-refractivity contribution < 1.29 is 39.5 Å². The first kappa shape index (κ1) is 38.0. The molecule has 254 valence electrons. The number of aliphatic hydroxyl groups is 4. The minimum atomic E-state index is -1.32. The zero-order chi connectivity index (χ0) is 33.1. The van der Waals surface area contributed by atoms with E-state index in [0.717, 1.165) is 19.3 Å². The number of carbonyl (C=O) groups excluding carboxylic acids is 2. The Morgan fingerprint density at radius 2 is 1.80 bits per heavy atom. The quantitative estimate of drug-likeness (QED) is 0.0816. The lowest BCUT2D eigenvalue weighted by molar-refractivity contribution is -0.267. The third-order valence-electron chi connectivity index (χ3n) is 7.77. The molecule has 0 aliphatic carbocycles. The van der Waals surface area contributed by atoms with E-state index in [2.05, 4.69) is 26.3 Å². The highest BCUT2D eigenvalue weighted by Crippen LogP contribution is 2.36. The van der Waals surface area contributed by atoms with Crippen molar-refractivity contribution >= 4 is 11.8 Å². The number of nitrogens with zero attached hydrogens (tertiary/aromatic N) is 3. The Labute approximate surface area is 261 Å². The topological polar surface area (TPSA) is 200 Å². The molecule has 2 rings (SSSR count). The Bertz CT molecular complexity index is 1020. The first-order valence-corrected chi connectivity index (χ1v) is 15.7. The molecule has 6 unspecified atom stereocenters. The number of aromatic nitrogens is 3. The van der Waals surface area contributed by atoms with Gasteiger partial charge in [-0.05, 0) is 33.1 Å². The summed E-state index contributed by atoms with van der Waals surface area (Å²) in [6, 6.07) is -0.820. The van der Waals surface area contributed by atoms with Gasteiger partial charge in [0.05, 0.1) is 12.2 Å². The fraction of sp³-hybridized carbons (Fsp3) is 0.867. The minimum Gasteiger partial charge on any atom is -0.396 e. The van der Waals surface area contributed by atoms with Gasteiger partial charge in [-0.2, -0.15) is 0 Å². The SMILES string of the molecule is CC(=O)NC1C(OCCCCCCNC(=O)C(C)(C)CC(C)(C)C(O)NC(C)C)OC(Cn2cc(CCO)nn2)C(O)C1O. The molecule has 14 heteroatoms. The third kappa shape index (κ3) is 12.0. The molecule has 1 fully saturated rings. The van der Waals surface area contributed by atoms with Gasteiger partial charge in [-0.15, -0.1) is 5.10 Å². The number of aliphatic hydroxyl groups excluding tert-OH is 4. The monoisotopic (exact) mass is 628 g/mol. The van der Waals surface area contributed by atoms with Crippen LogP contribution >= 0.6 is 0 Å². The van der Waals surface area contributed by atoms with Gasteiger partial charge >= 0.3 is 0 Å². The van der Waals surface area contributed by atoms with Crippen molar-refractivity contribution in [3.63, 3.8) is 0 Å². The molecular weight excluding hydrogens is 572 g/mol. The summed E-state index contributed by atoms with van der Waals surface area (Å²) in [6.45, 7) is 13.8. The van der Waals surface area contributed by atoms with Crippen LogP contribution in [-0.4, -0.2) is 110 Å². The molecule has 1 saturated heterocycles. The van der Waals surface area contributed by atoms with Crippen molar-refractivity contribution in [1.29, 1.82) is 0 Å². The Morgan fingerprint density at radius 3 is 2.43 bits per heavy atom. The van der Waals surface area contributed by atoms with Crippen molar-refractivity contribution in [2.24, 2.45) is 10.8 Å². The average molecular weight is 629 g/mol. The predicted octanol–water partition coefficient (Wildman–Crippen LogP) is 0.216. The number of nitrogens with one attached hydrogen (secondary N) is 3. The molecule has 6 atom stereocenters. The zero-order valence-electron chi connectivity index (χ0n) is 27.5. The second-order valence-electron chi connectivity index (χ2n) is 13.5. The van der Waals surface area contributed by atoms with E-state index >= 15 is 0 Å². The standard InChI is InChI=1S/C30H56N6O8/c1-19(2)32-28(42)30(6,7)18-29(4,5)27(41)31-13-10-8-9-11-15-43-26-23(33-20(3)38)25(40)24(39)22(44-26)17-36-16-21(12-14-37)34-35-36/h16,19,22-26,28,32,37,39-40,42H,8-15,17-18H2,1-7H3,(H,31,41)(H,33,38). The fourth-order valence-corrected chi connectivity index (χ4v) is 5.53. The van der Waals surface area contributed by atoms with Crippen LogP contribution in [0.15, 0.2) is 6.20 Å². The molecule has 7 N–H and O–H groups in total. The van der Waals surface area contributed by atoms with E-state index in [1.165, 1.54) is 11.6 Å². The van der Waals surface area contributed by atoms with Crippen LogP contribution in [0.25, 0.3) is 0 Å². The summed E-state index contributed by atoms with van der Waals surface area (Å²) in [4.78, 5) is 24.7. The van der Waals surface area contributed by atoms with E-state index in [-0.39, 0.29) is 31.0 Å². The summed E-state index contributed by atoms with van der Waals surface area (Å²) in [5.74, 6) is -0.436. The molecular formula is C30H56N6O8. The number of carbonyl (C=O) groups is 2. The third-order valence-corrected chi connectivity index (χ3v) is 7.77. The summed E-state index contributed by atoms with van der Waals surface area (Å²) in [5.41, 5.74) is -0.544. The lowest BCUT2D eigenvalue weighted by Gasteiger charge is -2.42. The smallest absolute Gasteiger partial charge is 0.225 e. The Morgan fingerprint density at radius 1 is 1.11 bits per heavy atom. The number of amides is 2. The fourth-order valence-electron chi connectivity index (χ4n) is 5.53. The van der Waals surface area contributed by atoms with Gasteiger partial charge in [0.25, 0.3) is 0 Å². The Kier molecular flexibility index (Phi) is 15.1. The maximum atomic E-state index is 12.9. The second kappa shape index (κ2) is 17.5. The van der Waals surface area contributed by atoms with E-state index in [0.29, 0.717) is 38.1 Å². The molecule has 0 spiro atoms. The average Bonchev–Trinajstić information content (AvgIpc) is 3.36. The first-order valence-electron chi connectivity index (χ1n) is 15.7. The second-order valence-corrected chi connectivity index (χ2v) is 13.5. The molecule has 1 aromatic heterocycles. The summed E-state index contributed by atoms with van der Waals surface area (Å²) >= 11 is 0. The van der Waals surface area contributed by atoms with Gasteiger partial charge in [0.2, 0.25) is 11.8 Å². The lowest BCUT2D eigenvalue weighted by atomic mass is 9.73.